The van der Waals surface area contributed by atoms with E-state index in [9.17, 15) is 4.79 Å². The van der Waals surface area contributed by atoms with Crippen LogP contribution in [0, 0.1) is 6.92 Å². The summed E-state index contributed by atoms with van der Waals surface area (Å²) in [6, 6.07) is 7.43. The molecule has 4 N–H and O–H groups in total. The van der Waals surface area contributed by atoms with Gasteiger partial charge in [0.15, 0.2) is 0 Å². The zero-order chi connectivity index (χ0) is 13.4. The number of nitrogens with one attached hydrogen (secondary N) is 1. The van der Waals surface area contributed by atoms with Crippen molar-refractivity contribution >= 4 is 11.7 Å². The molecule has 0 bridgehead atoms. The van der Waals surface area contributed by atoms with Gasteiger partial charge in [0.25, 0.3) is 5.91 Å². The first-order chi connectivity index (χ1) is 8.63. The van der Waals surface area contributed by atoms with Gasteiger partial charge in [-0.15, -0.1) is 0 Å². The van der Waals surface area contributed by atoms with Crippen molar-refractivity contribution in [2.45, 2.75) is 26.2 Å². The summed E-state index contributed by atoms with van der Waals surface area (Å²) in [4.78, 5) is 11.7. The molecular formula is C13H19N3O2. The third-order valence-corrected chi connectivity index (χ3v) is 2.59. The summed E-state index contributed by atoms with van der Waals surface area (Å²) in [7, 11) is 0. The molecule has 0 saturated carbocycles. The Morgan fingerprint density at radius 3 is 2.61 bits per heavy atom. The number of nitrogens with two attached hydrogens (primary N) is 1. The van der Waals surface area contributed by atoms with Gasteiger partial charge in [0.05, 0.1) is 0 Å². The second-order valence-corrected chi connectivity index (χ2v) is 4.17. The molecule has 0 unspecified atom stereocenters. The molecule has 0 aliphatic carbocycles. The van der Waals surface area contributed by atoms with E-state index >= 15 is 0 Å². The van der Waals surface area contributed by atoms with Crippen LogP contribution in [0.15, 0.2) is 29.4 Å². The Kier molecular flexibility index (Phi) is 5.70. The van der Waals surface area contributed by atoms with Gasteiger partial charge in [-0.25, -0.2) is 0 Å². The van der Waals surface area contributed by atoms with E-state index in [0.717, 1.165) is 18.4 Å². The fraction of sp³-hybridized carbons (Fsp3) is 0.385. The topological polar surface area (TPSA) is 87.7 Å². The Morgan fingerprint density at radius 1 is 1.33 bits per heavy atom. The number of benzene rings is 1. The van der Waals surface area contributed by atoms with Gasteiger partial charge in [0, 0.05) is 18.5 Å². The molecule has 98 valence electrons. The second-order valence-electron chi connectivity index (χ2n) is 4.17. The molecule has 1 rings (SSSR count). The van der Waals surface area contributed by atoms with Crippen LogP contribution in [0.1, 0.15) is 35.2 Å². The van der Waals surface area contributed by atoms with Crippen molar-refractivity contribution in [1.82, 2.24) is 5.32 Å². The first-order valence-electron chi connectivity index (χ1n) is 5.94. The molecule has 0 heterocycles. The lowest BCUT2D eigenvalue weighted by atomic mass is 10.1. The summed E-state index contributed by atoms with van der Waals surface area (Å²) in [5, 5.41) is 14.1. The maximum atomic E-state index is 11.7. The standard InChI is InChI=1S/C13H19N3O2/c1-10-5-7-11(8-6-10)13(17)15-9-3-2-4-12(14)16-18/h5-8,18H,2-4,9H2,1H3,(H2,14,16)(H,15,17). The van der Waals surface area contributed by atoms with Crippen LogP contribution < -0.4 is 11.1 Å². The summed E-state index contributed by atoms with van der Waals surface area (Å²) < 4.78 is 0. The first kappa shape index (κ1) is 14.0. The third-order valence-electron chi connectivity index (χ3n) is 2.59. The number of oxime groups is 1. The molecule has 0 aliphatic rings. The fourth-order valence-corrected chi connectivity index (χ4v) is 1.49. The number of carbonyl (C=O) groups is 1. The van der Waals surface area contributed by atoms with Crippen molar-refractivity contribution < 1.29 is 10.0 Å². The monoisotopic (exact) mass is 249 g/mol. The quantitative estimate of drug-likeness (QED) is 0.235. The lowest BCUT2D eigenvalue weighted by molar-refractivity contribution is 0.0953. The second kappa shape index (κ2) is 7.32. The SMILES string of the molecule is Cc1ccc(C(=O)NCCCCC(N)=NO)cc1. The van der Waals surface area contributed by atoms with Crippen LogP contribution in [-0.4, -0.2) is 23.5 Å². The zero-order valence-corrected chi connectivity index (χ0v) is 10.5. The highest BCUT2D eigenvalue weighted by Crippen LogP contribution is 2.03. The number of hydrogen-bond acceptors (Lipinski definition) is 3. The van der Waals surface area contributed by atoms with Gasteiger partial charge in [0.2, 0.25) is 0 Å². The smallest absolute Gasteiger partial charge is 0.251 e. The maximum Gasteiger partial charge on any atom is 0.251 e. The molecule has 0 fully saturated rings. The molecule has 0 aromatic heterocycles. The maximum absolute atomic E-state index is 11.7. The summed E-state index contributed by atoms with van der Waals surface area (Å²) in [6.07, 6.45) is 2.12. The summed E-state index contributed by atoms with van der Waals surface area (Å²) in [5.41, 5.74) is 7.13. The normalized spacial score (nSPS) is 11.3. The van der Waals surface area contributed by atoms with Crippen LogP contribution in [0.5, 0.6) is 0 Å². The minimum Gasteiger partial charge on any atom is -0.409 e. The molecule has 0 atom stereocenters. The van der Waals surface area contributed by atoms with Gasteiger partial charge in [-0.1, -0.05) is 22.9 Å². The molecule has 0 spiro atoms. The number of unbranched alkanes of at least 4 members (excludes halogenated alkanes) is 1. The highest BCUT2D eigenvalue weighted by molar-refractivity contribution is 5.94. The van der Waals surface area contributed by atoms with Crippen molar-refractivity contribution in [1.29, 1.82) is 0 Å². The third kappa shape index (κ3) is 4.86. The van der Waals surface area contributed by atoms with Crippen LogP contribution in [0.2, 0.25) is 0 Å². The Bertz CT molecular complexity index is 413. The Labute approximate surface area is 107 Å². The Morgan fingerprint density at radius 2 is 2.00 bits per heavy atom. The average Bonchev–Trinajstić information content (AvgIpc) is 2.38. The zero-order valence-electron chi connectivity index (χ0n) is 10.5. The molecule has 5 nitrogen and oxygen atoms in total. The largest absolute Gasteiger partial charge is 0.409 e. The van der Waals surface area contributed by atoms with E-state index < -0.39 is 0 Å². The first-order valence-corrected chi connectivity index (χ1v) is 5.94. The molecule has 0 radical (unpaired) electrons. The van der Waals surface area contributed by atoms with Crippen LogP contribution in [0.3, 0.4) is 0 Å². The van der Waals surface area contributed by atoms with E-state index in [1.54, 1.807) is 12.1 Å². The molecule has 0 saturated heterocycles. The van der Waals surface area contributed by atoms with Crippen molar-refractivity contribution in [3.05, 3.63) is 35.4 Å². The highest BCUT2D eigenvalue weighted by atomic mass is 16.4. The van der Waals surface area contributed by atoms with E-state index in [1.807, 2.05) is 19.1 Å². The minimum absolute atomic E-state index is 0.0706. The summed E-state index contributed by atoms with van der Waals surface area (Å²) in [5.74, 6) is 0.152. The van der Waals surface area contributed by atoms with Gasteiger partial charge in [-0.3, -0.25) is 4.79 Å². The van der Waals surface area contributed by atoms with Crippen molar-refractivity contribution in [2.75, 3.05) is 6.54 Å². The molecule has 18 heavy (non-hydrogen) atoms. The van der Waals surface area contributed by atoms with Crippen LogP contribution in [0.25, 0.3) is 0 Å². The van der Waals surface area contributed by atoms with E-state index in [4.69, 9.17) is 10.9 Å². The molecule has 1 amide bonds. The highest BCUT2D eigenvalue weighted by Gasteiger charge is 2.03. The van der Waals surface area contributed by atoms with Crippen molar-refractivity contribution in [3.8, 4) is 0 Å². The molecule has 1 aromatic carbocycles. The van der Waals surface area contributed by atoms with Crippen molar-refractivity contribution in [3.63, 3.8) is 0 Å². The van der Waals surface area contributed by atoms with Crippen LogP contribution in [0.4, 0.5) is 0 Å². The van der Waals surface area contributed by atoms with Gasteiger partial charge in [-0.05, 0) is 31.9 Å². The van der Waals surface area contributed by atoms with E-state index in [-0.39, 0.29) is 11.7 Å². The van der Waals surface area contributed by atoms with Gasteiger partial charge < -0.3 is 16.3 Å². The lowest BCUT2D eigenvalue weighted by Crippen LogP contribution is -2.24. The number of hydrogen-bond donors (Lipinski definition) is 3. The lowest BCUT2D eigenvalue weighted by Gasteiger charge is -2.05. The van der Waals surface area contributed by atoms with Crippen molar-refractivity contribution in [2.24, 2.45) is 10.9 Å². The molecule has 5 heteroatoms. The van der Waals surface area contributed by atoms with Gasteiger partial charge in [0.1, 0.15) is 5.84 Å². The van der Waals surface area contributed by atoms with Gasteiger partial charge in [-0.2, -0.15) is 0 Å². The Balaban J connectivity index is 2.23. The predicted octanol–water partition coefficient (Wildman–Crippen LogP) is 1.64. The van der Waals surface area contributed by atoms with Crippen LogP contribution in [-0.2, 0) is 0 Å². The Hall–Kier alpha value is -2.04. The molecule has 1 aromatic rings. The summed E-state index contributed by atoms with van der Waals surface area (Å²) in [6.45, 7) is 2.57. The fourth-order valence-electron chi connectivity index (χ4n) is 1.49. The number of amides is 1. The number of amidine groups is 1. The predicted molar refractivity (Wildman–Crippen MR) is 70.8 cm³/mol. The number of aryl methyl sites for hydroxylation is 1. The minimum atomic E-state index is -0.0706. The number of carbonyl (C=O) groups excluding carboxylic acids is 1. The van der Waals surface area contributed by atoms with Gasteiger partial charge >= 0.3 is 0 Å². The van der Waals surface area contributed by atoms with Crippen LogP contribution >= 0.6 is 0 Å². The molecule has 0 aliphatic heterocycles. The number of rotatable bonds is 6. The number of nitrogens with zero attached hydrogens (tertiary/aromatic N) is 1. The average molecular weight is 249 g/mol. The van der Waals surface area contributed by atoms with E-state index in [1.165, 1.54) is 0 Å². The van der Waals surface area contributed by atoms with E-state index in [2.05, 4.69) is 10.5 Å². The molecular weight excluding hydrogens is 230 g/mol. The summed E-state index contributed by atoms with van der Waals surface area (Å²) >= 11 is 0. The van der Waals surface area contributed by atoms with E-state index in [0.29, 0.717) is 18.5 Å².